The molecule has 1 aromatic carbocycles. The number of hydrogen-bond acceptors (Lipinski definition) is 3. The predicted octanol–water partition coefficient (Wildman–Crippen LogP) is 2.80. The summed E-state index contributed by atoms with van der Waals surface area (Å²) >= 11 is 0. The van der Waals surface area contributed by atoms with Gasteiger partial charge in [0.1, 0.15) is 0 Å². The lowest BCUT2D eigenvalue weighted by Crippen LogP contribution is -2.58. The van der Waals surface area contributed by atoms with Crippen molar-refractivity contribution in [1.82, 2.24) is 5.32 Å². The number of rotatable bonds is 4. The van der Waals surface area contributed by atoms with E-state index < -0.39 is 0 Å². The summed E-state index contributed by atoms with van der Waals surface area (Å²) in [5, 5.41) is 3.49. The largest absolute Gasteiger partial charge is 0.381 e. The summed E-state index contributed by atoms with van der Waals surface area (Å²) in [5.74, 6) is 0. The monoisotopic (exact) mass is 274 g/mol. The third kappa shape index (κ3) is 2.99. The lowest BCUT2D eigenvalue weighted by molar-refractivity contribution is -0.000195. The van der Waals surface area contributed by atoms with E-state index in [4.69, 9.17) is 4.74 Å². The van der Waals surface area contributed by atoms with Crippen molar-refractivity contribution in [3.8, 4) is 0 Å². The SMILES string of the molecule is CC(C)NCc1cccc(N2CC3(CCOCC3)C2)c1. The molecule has 20 heavy (non-hydrogen) atoms. The van der Waals surface area contributed by atoms with Crippen LogP contribution in [0, 0.1) is 5.41 Å². The average Bonchev–Trinajstić information content (AvgIpc) is 2.44. The molecule has 0 amide bonds. The summed E-state index contributed by atoms with van der Waals surface area (Å²) in [6.07, 6.45) is 2.47. The van der Waals surface area contributed by atoms with Crippen LogP contribution in [0.4, 0.5) is 5.69 Å². The number of benzene rings is 1. The summed E-state index contributed by atoms with van der Waals surface area (Å²) in [6, 6.07) is 9.50. The topological polar surface area (TPSA) is 24.5 Å². The van der Waals surface area contributed by atoms with Crippen molar-refractivity contribution >= 4 is 5.69 Å². The molecule has 0 saturated carbocycles. The first-order valence-corrected chi connectivity index (χ1v) is 7.82. The molecule has 2 aliphatic heterocycles. The van der Waals surface area contributed by atoms with E-state index in [-0.39, 0.29) is 0 Å². The molecular weight excluding hydrogens is 248 g/mol. The number of nitrogens with one attached hydrogen (secondary N) is 1. The van der Waals surface area contributed by atoms with E-state index in [0.29, 0.717) is 11.5 Å². The van der Waals surface area contributed by atoms with E-state index in [1.165, 1.54) is 37.2 Å². The zero-order valence-corrected chi connectivity index (χ0v) is 12.7. The van der Waals surface area contributed by atoms with Crippen LogP contribution in [-0.4, -0.2) is 32.3 Å². The molecule has 3 rings (SSSR count). The van der Waals surface area contributed by atoms with Gasteiger partial charge < -0.3 is 15.0 Å². The van der Waals surface area contributed by atoms with Gasteiger partial charge >= 0.3 is 0 Å². The zero-order chi connectivity index (χ0) is 14.0. The zero-order valence-electron chi connectivity index (χ0n) is 12.7. The highest BCUT2D eigenvalue weighted by molar-refractivity contribution is 5.51. The minimum Gasteiger partial charge on any atom is -0.381 e. The number of ether oxygens (including phenoxy) is 1. The molecule has 2 heterocycles. The van der Waals surface area contributed by atoms with Crippen LogP contribution < -0.4 is 10.2 Å². The predicted molar refractivity (Wildman–Crippen MR) is 83.1 cm³/mol. The van der Waals surface area contributed by atoms with Crippen LogP contribution in [0.1, 0.15) is 32.3 Å². The van der Waals surface area contributed by atoms with Crippen molar-refractivity contribution in [3.63, 3.8) is 0 Å². The van der Waals surface area contributed by atoms with Crippen LogP contribution in [-0.2, 0) is 11.3 Å². The van der Waals surface area contributed by atoms with Crippen LogP contribution in [0.3, 0.4) is 0 Å². The Labute approximate surface area is 122 Å². The van der Waals surface area contributed by atoms with E-state index >= 15 is 0 Å². The van der Waals surface area contributed by atoms with E-state index in [1.54, 1.807) is 0 Å². The van der Waals surface area contributed by atoms with Crippen LogP contribution in [0.2, 0.25) is 0 Å². The Morgan fingerprint density at radius 1 is 1.25 bits per heavy atom. The Bertz CT molecular complexity index is 444. The van der Waals surface area contributed by atoms with E-state index in [9.17, 15) is 0 Å². The third-order valence-electron chi connectivity index (χ3n) is 4.60. The van der Waals surface area contributed by atoms with Gasteiger partial charge in [-0.1, -0.05) is 26.0 Å². The van der Waals surface area contributed by atoms with Crippen LogP contribution in [0.25, 0.3) is 0 Å². The second-order valence-electron chi connectivity index (χ2n) is 6.67. The van der Waals surface area contributed by atoms with Crippen molar-refractivity contribution in [2.24, 2.45) is 5.41 Å². The number of hydrogen-bond donors (Lipinski definition) is 1. The Morgan fingerprint density at radius 2 is 2.00 bits per heavy atom. The van der Waals surface area contributed by atoms with Gasteiger partial charge in [-0.25, -0.2) is 0 Å². The summed E-state index contributed by atoms with van der Waals surface area (Å²) in [5.41, 5.74) is 3.30. The molecule has 0 atom stereocenters. The minimum atomic E-state index is 0.535. The van der Waals surface area contributed by atoms with Crippen molar-refractivity contribution in [2.75, 3.05) is 31.2 Å². The number of anilines is 1. The Morgan fingerprint density at radius 3 is 2.70 bits per heavy atom. The maximum absolute atomic E-state index is 5.49. The van der Waals surface area contributed by atoms with Crippen molar-refractivity contribution < 1.29 is 4.74 Å². The van der Waals surface area contributed by atoms with E-state index in [1.807, 2.05) is 0 Å². The molecule has 1 spiro atoms. The van der Waals surface area contributed by atoms with E-state index in [2.05, 4.69) is 48.3 Å². The fraction of sp³-hybridized carbons (Fsp3) is 0.647. The number of nitrogens with zero attached hydrogens (tertiary/aromatic N) is 1. The molecule has 0 bridgehead atoms. The first-order valence-electron chi connectivity index (χ1n) is 7.82. The highest BCUT2D eigenvalue weighted by Crippen LogP contribution is 2.42. The molecule has 3 heteroatoms. The van der Waals surface area contributed by atoms with Crippen molar-refractivity contribution in [2.45, 2.75) is 39.3 Å². The highest BCUT2D eigenvalue weighted by atomic mass is 16.5. The smallest absolute Gasteiger partial charge is 0.0472 e. The van der Waals surface area contributed by atoms with Crippen molar-refractivity contribution in [1.29, 1.82) is 0 Å². The maximum atomic E-state index is 5.49. The quantitative estimate of drug-likeness (QED) is 0.913. The van der Waals surface area contributed by atoms with Gasteiger partial charge in [0.05, 0.1) is 0 Å². The fourth-order valence-electron chi connectivity index (χ4n) is 3.25. The molecular formula is C17H26N2O. The summed E-state index contributed by atoms with van der Waals surface area (Å²) in [6.45, 7) is 9.65. The van der Waals surface area contributed by atoms with Gasteiger partial charge in [0.2, 0.25) is 0 Å². The van der Waals surface area contributed by atoms with Gasteiger partial charge in [0.15, 0.2) is 0 Å². The molecule has 2 fully saturated rings. The average molecular weight is 274 g/mol. The van der Waals surface area contributed by atoms with Gasteiger partial charge in [-0.3, -0.25) is 0 Å². The first-order chi connectivity index (χ1) is 9.67. The fourth-order valence-corrected chi connectivity index (χ4v) is 3.25. The molecule has 1 N–H and O–H groups in total. The Kier molecular flexibility index (Phi) is 3.99. The van der Waals surface area contributed by atoms with E-state index in [0.717, 1.165) is 19.8 Å². The van der Waals surface area contributed by atoms with Crippen LogP contribution >= 0.6 is 0 Å². The molecule has 0 aliphatic carbocycles. The second-order valence-corrected chi connectivity index (χ2v) is 6.67. The summed E-state index contributed by atoms with van der Waals surface area (Å²) in [4.78, 5) is 2.52. The Hall–Kier alpha value is -1.06. The minimum absolute atomic E-state index is 0.535. The molecule has 0 radical (unpaired) electrons. The summed E-state index contributed by atoms with van der Waals surface area (Å²) in [7, 11) is 0. The molecule has 1 aromatic rings. The molecule has 3 nitrogen and oxygen atoms in total. The summed E-state index contributed by atoms with van der Waals surface area (Å²) < 4.78 is 5.49. The van der Waals surface area contributed by atoms with Gasteiger partial charge in [-0.15, -0.1) is 0 Å². The standard InChI is InChI=1S/C17H26N2O/c1-14(2)18-11-15-4-3-5-16(10-15)19-12-17(13-19)6-8-20-9-7-17/h3-5,10,14,18H,6-9,11-13H2,1-2H3. The molecule has 2 saturated heterocycles. The normalized spacial score (nSPS) is 21.2. The highest BCUT2D eigenvalue weighted by Gasteiger charge is 2.43. The third-order valence-corrected chi connectivity index (χ3v) is 4.60. The lowest BCUT2D eigenvalue weighted by atomic mass is 9.73. The molecule has 0 unspecified atom stereocenters. The molecule has 110 valence electrons. The van der Waals surface area contributed by atoms with Gasteiger partial charge in [0, 0.05) is 50.0 Å². The van der Waals surface area contributed by atoms with Gasteiger partial charge in [-0.2, -0.15) is 0 Å². The maximum Gasteiger partial charge on any atom is 0.0472 e. The Balaban J connectivity index is 1.59. The van der Waals surface area contributed by atoms with Gasteiger partial charge in [0.25, 0.3) is 0 Å². The second kappa shape index (κ2) is 5.74. The van der Waals surface area contributed by atoms with Crippen LogP contribution in [0.15, 0.2) is 24.3 Å². The molecule has 0 aromatic heterocycles. The van der Waals surface area contributed by atoms with Gasteiger partial charge in [-0.05, 0) is 30.5 Å². The van der Waals surface area contributed by atoms with Crippen molar-refractivity contribution in [3.05, 3.63) is 29.8 Å². The lowest BCUT2D eigenvalue weighted by Gasteiger charge is -2.53. The van der Waals surface area contributed by atoms with Crippen LogP contribution in [0.5, 0.6) is 0 Å². The first kappa shape index (κ1) is 13.9. The molecule has 2 aliphatic rings.